The second-order valence-corrected chi connectivity index (χ2v) is 9.67. The van der Waals surface area contributed by atoms with E-state index in [0.29, 0.717) is 43.2 Å². The Morgan fingerprint density at radius 2 is 1.51 bits per heavy atom. The van der Waals surface area contributed by atoms with E-state index in [1.165, 1.54) is 14.2 Å². The van der Waals surface area contributed by atoms with Crippen molar-refractivity contribution >= 4 is 40.4 Å². The number of esters is 2. The topological polar surface area (TPSA) is 135 Å². The van der Waals surface area contributed by atoms with Gasteiger partial charge in [0.15, 0.2) is 0 Å². The van der Waals surface area contributed by atoms with E-state index in [0.717, 1.165) is 34.1 Å². The van der Waals surface area contributed by atoms with Crippen LogP contribution in [-0.4, -0.2) is 73.0 Å². The number of hydrogen-bond donors (Lipinski definition) is 2. The molecule has 0 saturated carbocycles. The molecule has 11 heteroatoms. The molecular formula is C32H37N3O8. The van der Waals surface area contributed by atoms with Gasteiger partial charge in [-0.25, -0.2) is 14.7 Å². The van der Waals surface area contributed by atoms with Gasteiger partial charge in [0.25, 0.3) is 5.91 Å². The van der Waals surface area contributed by atoms with Gasteiger partial charge in [0.2, 0.25) is 0 Å². The van der Waals surface area contributed by atoms with Crippen molar-refractivity contribution in [1.82, 2.24) is 9.96 Å². The summed E-state index contributed by atoms with van der Waals surface area (Å²) in [6, 6.07) is 21.1. The number of benzene rings is 3. The van der Waals surface area contributed by atoms with Crippen molar-refractivity contribution < 1.29 is 38.6 Å². The first-order chi connectivity index (χ1) is 20.8. The Hall–Kier alpha value is -4.74. The summed E-state index contributed by atoms with van der Waals surface area (Å²) < 4.78 is 14.6. The molecule has 43 heavy (non-hydrogen) atoms. The maximum Gasteiger partial charge on any atom is 0.411 e. The van der Waals surface area contributed by atoms with Crippen molar-refractivity contribution in [2.24, 2.45) is 0 Å². The molecule has 0 aliphatic heterocycles. The molecule has 0 bridgehead atoms. The van der Waals surface area contributed by atoms with Crippen molar-refractivity contribution in [2.75, 3.05) is 39.2 Å². The summed E-state index contributed by atoms with van der Waals surface area (Å²) in [6.07, 6.45) is 2.71. The highest BCUT2D eigenvalue weighted by Crippen LogP contribution is 2.23. The fraction of sp³-hybridized carbons (Fsp3) is 0.312. The average Bonchev–Trinajstić information content (AvgIpc) is 3.03. The molecule has 2 amide bonds. The van der Waals surface area contributed by atoms with Crippen LogP contribution < -0.4 is 5.32 Å². The molecule has 0 spiro atoms. The monoisotopic (exact) mass is 591 g/mol. The molecular weight excluding hydrogens is 554 g/mol. The fourth-order valence-corrected chi connectivity index (χ4v) is 4.25. The summed E-state index contributed by atoms with van der Waals surface area (Å²) in [4.78, 5) is 49.2. The minimum absolute atomic E-state index is 0.0813. The van der Waals surface area contributed by atoms with Crippen LogP contribution in [0.3, 0.4) is 0 Å². The first-order valence-electron chi connectivity index (χ1n) is 13.8. The van der Waals surface area contributed by atoms with Crippen LogP contribution in [0.1, 0.15) is 30.4 Å². The van der Waals surface area contributed by atoms with Gasteiger partial charge in [-0.3, -0.25) is 25.0 Å². The van der Waals surface area contributed by atoms with Crippen molar-refractivity contribution in [3.8, 4) is 0 Å². The zero-order valence-corrected chi connectivity index (χ0v) is 24.4. The molecule has 3 rings (SSSR count). The molecule has 0 heterocycles. The van der Waals surface area contributed by atoms with Crippen LogP contribution in [0.25, 0.3) is 10.8 Å². The van der Waals surface area contributed by atoms with Crippen LogP contribution in [0.5, 0.6) is 0 Å². The lowest BCUT2D eigenvalue weighted by atomic mass is 10.1. The van der Waals surface area contributed by atoms with E-state index in [1.54, 1.807) is 0 Å². The Kier molecular flexibility index (Phi) is 13.2. The highest BCUT2D eigenvalue weighted by molar-refractivity contribution is 6.00. The molecule has 228 valence electrons. The number of carbonyl (C=O) groups is 4. The van der Waals surface area contributed by atoms with E-state index >= 15 is 0 Å². The van der Waals surface area contributed by atoms with E-state index in [4.69, 9.17) is 9.47 Å². The number of rotatable bonds is 15. The second-order valence-electron chi connectivity index (χ2n) is 9.67. The molecule has 0 atom stereocenters. The van der Waals surface area contributed by atoms with Gasteiger partial charge in [0.05, 0.1) is 26.3 Å². The third-order valence-electron chi connectivity index (χ3n) is 6.60. The molecule has 0 aliphatic rings. The summed E-state index contributed by atoms with van der Waals surface area (Å²) in [5.41, 5.74) is 2.51. The number of methoxy groups -OCH3 is 2. The highest BCUT2D eigenvalue weighted by atomic mass is 16.5. The Morgan fingerprint density at radius 3 is 2.26 bits per heavy atom. The van der Waals surface area contributed by atoms with Crippen LogP contribution in [0.4, 0.5) is 10.5 Å². The number of nitrogens with zero attached hydrogens (tertiary/aromatic N) is 2. The Bertz CT molecular complexity index is 1400. The molecule has 0 aliphatic carbocycles. The van der Waals surface area contributed by atoms with Crippen molar-refractivity contribution in [3.63, 3.8) is 0 Å². The van der Waals surface area contributed by atoms with E-state index in [-0.39, 0.29) is 25.5 Å². The molecule has 0 fully saturated rings. The summed E-state index contributed by atoms with van der Waals surface area (Å²) in [7, 11) is 2.54. The number of amides is 2. The quantitative estimate of drug-likeness (QED) is 0.0645. The van der Waals surface area contributed by atoms with E-state index in [9.17, 15) is 24.4 Å². The predicted octanol–water partition coefficient (Wildman–Crippen LogP) is 4.68. The summed E-state index contributed by atoms with van der Waals surface area (Å²) in [5, 5.41) is 15.2. The van der Waals surface area contributed by atoms with Gasteiger partial charge in [-0.1, -0.05) is 60.7 Å². The van der Waals surface area contributed by atoms with Crippen LogP contribution in [0, 0.1) is 0 Å². The zero-order valence-electron chi connectivity index (χ0n) is 24.4. The summed E-state index contributed by atoms with van der Waals surface area (Å²) in [5.74, 6) is -1.72. The Labute approximate surface area is 250 Å². The zero-order chi connectivity index (χ0) is 31.0. The van der Waals surface area contributed by atoms with Gasteiger partial charge >= 0.3 is 18.0 Å². The molecule has 0 aromatic heterocycles. The number of fused-ring (bicyclic) bond motifs is 1. The first kappa shape index (κ1) is 32.8. The number of carbonyl (C=O) groups excluding carboxylic acids is 4. The molecule has 0 saturated heterocycles. The minimum atomic E-state index is -0.719. The number of anilines is 1. The fourth-order valence-electron chi connectivity index (χ4n) is 4.25. The summed E-state index contributed by atoms with van der Waals surface area (Å²) >= 11 is 0. The smallest absolute Gasteiger partial charge is 0.411 e. The van der Waals surface area contributed by atoms with E-state index < -0.39 is 18.0 Å². The average molecular weight is 592 g/mol. The van der Waals surface area contributed by atoms with Gasteiger partial charge in [0.1, 0.15) is 6.61 Å². The largest absolute Gasteiger partial charge is 0.469 e. The number of ether oxygens (including phenoxy) is 3. The van der Waals surface area contributed by atoms with Crippen molar-refractivity contribution in [2.45, 2.75) is 32.4 Å². The lowest BCUT2D eigenvalue weighted by Crippen LogP contribution is -2.30. The van der Waals surface area contributed by atoms with Crippen LogP contribution in [0.15, 0.2) is 78.9 Å². The van der Waals surface area contributed by atoms with Gasteiger partial charge in [-0.15, -0.1) is 0 Å². The maximum absolute atomic E-state index is 12.4. The maximum atomic E-state index is 12.4. The highest BCUT2D eigenvalue weighted by Gasteiger charge is 2.12. The second kappa shape index (κ2) is 17.3. The van der Waals surface area contributed by atoms with Crippen molar-refractivity contribution in [3.05, 3.63) is 90.0 Å². The molecule has 3 aromatic carbocycles. The lowest BCUT2D eigenvalue weighted by molar-refractivity contribution is -0.159. The Balaban J connectivity index is 1.48. The lowest BCUT2D eigenvalue weighted by Gasteiger charge is -2.22. The van der Waals surface area contributed by atoms with Gasteiger partial charge in [0, 0.05) is 37.2 Å². The number of hydrogen-bond acceptors (Lipinski definition) is 9. The third-order valence-corrected chi connectivity index (χ3v) is 6.60. The predicted molar refractivity (Wildman–Crippen MR) is 160 cm³/mol. The molecule has 0 unspecified atom stereocenters. The molecule has 11 nitrogen and oxygen atoms in total. The van der Waals surface area contributed by atoms with E-state index in [2.05, 4.69) is 15.0 Å². The van der Waals surface area contributed by atoms with Crippen LogP contribution >= 0.6 is 0 Å². The molecule has 3 aromatic rings. The van der Waals surface area contributed by atoms with E-state index in [1.807, 2.05) is 66.7 Å². The minimum Gasteiger partial charge on any atom is -0.469 e. The third kappa shape index (κ3) is 11.2. The SMILES string of the molecule is COC(=O)/C=C/C(=O)N(O)CCCCN(CCC(=O)OC)Cc1ccc(COC(=O)Nc2cccc3ccccc23)cc1. The van der Waals surface area contributed by atoms with Crippen molar-refractivity contribution in [1.29, 1.82) is 0 Å². The first-order valence-corrected chi connectivity index (χ1v) is 13.8. The number of unbranched alkanes of at least 4 members (excludes halogenated alkanes) is 1. The van der Waals surface area contributed by atoms with Gasteiger partial charge in [-0.2, -0.15) is 0 Å². The normalized spacial score (nSPS) is 11.0. The molecule has 0 radical (unpaired) electrons. The standard InChI is InChI=1S/C32H37N3O8/c1-41-30(37)17-16-29(36)35(40)20-6-5-19-34(21-18-31(38)42-2)22-24-12-14-25(15-13-24)23-43-32(39)33-28-11-7-9-26-8-3-4-10-27(26)28/h3-4,7-17,40H,5-6,18-23H2,1-2H3,(H,33,39)/b17-16+. The van der Waals surface area contributed by atoms with Crippen LogP contribution in [0.2, 0.25) is 0 Å². The summed E-state index contributed by atoms with van der Waals surface area (Å²) in [6.45, 7) is 1.82. The van der Waals surface area contributed by atoms with Gasteiger partial charge < -0.3 is 14.2 Å². The number of hydroxylamine groups is 2. The molecule has 2 N–H and O–H groups in total. The number of nitrogens with one attached hydrogen (secondary N) is 1. The Morgan fingerprint density at radius 1 is 0.814 bits per heavy atom. The van der Waals surface area contributed by atoms with Crippen LogP contribution in [-0.2, 0) is 41.7 Å². The van der Waals surface area contributed by atoms with Gasteiger partial charge in [-0.05, 0) is 42.0 Å².